The second kappa shape index (κ2) is 9.84. The molecule has 1 fully saturated rings. The molecule has 1 aromatic carbocycles. The summed E-state index contributed by atoms with van der Waals surface area (Å²) in [7, 11) is 0. The number of nitrogens with two attached hydrogens (primary N) is 1. The van der Waals surface area contributed by atoms with Gasteiger partial charge in [-0.15, -0.1) is 25.6 Å². The van der Waals surface area contributed by atoms with Crippen LogP contribution < -0.4 is 10.5 Å². The minimum Gasteiger partial charge on any atom is -0.406 e. The fourth-order valence-electron chi connectivity index (χ4n) is 2.54. The zero-order valence-corrected chi connectivity index (χ0v) is 14.4. The van der Waals surface area contributed by atoms with Gasteiger partial charge in [-0.3, -0.25) is 4.79 Å². The molecular formula is C16H22ClF3N2O3. The molecule has 9 heteroatoms. The first-order valence-corrected chi connectivity index (χ1v) is 7.86. The van der Waals surface area contributed by atoms with E-state index in [9.17, 15) is 18.0 Å². The lowest BCUT2D eigenvalue weighted by Gasteiger charge is -2.32. The van der Waals surface area contributed by atoms with Gasteiger partial charge in [0.05, 0.1) is 6.10 Å². The van der Waals surface area contributed by atoms with Crippen LogP contribution in [0, 0.1) is 0 Å². The Labute approximate surface area is 150 Å². The van der Waals surface area contributed by atoms with Crippen molar-refractivity contribution in [2.75, 3.05) is 26.2 Å². The van der Waals surface area contributed by atoms with Gasteiger partial charge in [0.2, 0.25) is 0 Å². The summed E-state index contributed by atoms with van der Waals surface area (Å²) in [6.45, 7) is 2.33. The summed E-state index contributed by atoms with van der Waals surface area (Å²) >= 11 is 0. The van der Waals surface area contributed by atoms with E-state index < -0.39 is 6.36 Å². The number of ether oxygens (including phenoxy) is 2. The summed E-state index contributed by atoms with van der Waals surface area (Å²) in [6, 6.07) is 4.97. The third kappa shape index (κ3) is 7.09. The number of nitrogens with zero attached hydrogens (tertiary/aromatic N) is 1. The van der Waals surface area contributed by atoms with E-state index in [1.54, 1.807) is 4.90 Å². The quantitative estimate of drug-likeness (QED) is 0.768. The number of amides is 1. The summed E-state index contributed by atoms with van der Waals surface area (Å²) in [5.74, 6) is -0.542. The molecule has 1 aromatic rings. The van der Waals surface area contributed by atoms with E-state index in [1.165, 1.54) is 12.1 Å². The van der Waals surface area contributed by atoms with Gasteiger partial charge in [-0.05, 0) is 50.1 Å². The molecule has 0 spiro atoms. The highest BCUT2D eigenvalue weighted by atomic mass is 35.5. The van der Waals surface area contributed by atoms with Crippen LogP contribution in [0.2, 0.25) is 0 Å². The first-order valence-electron chi connectivity index (χ1n) is 7.86. The Bertz CT molecular complexity index is 532. The average Bonchev–Trinajstić information content (AvgIpc) is 2.54. The fourth-order valence-corrected chi connectivity index (χ4v) is 2.54. The average molecular weight is 383 g/mol. The number of benzene rings is 1. The number of alkyl halides is 3. The van der Waals surface area contributed by atoms with Gasteiger partial charge in [0.15, 0.2) is 0 Å². The number of rotatable bonds is 6. The predicted octanol–water partition coefficient (Wildman–Crippen LogP) is 2.98. The van der Waals surface area contributed by atoms with E-state index in [-0.39, 0.29) is 30.2 Å². The number of carbonyl (C=O) groups excluding carboxylic acids is 1. The first-order chi connectivity index (χ1) is 11.4. The first kappa shape index (κ1) is 21.5. The van der Waals surface area contributed by atoms with Crippen LogP contribution in [-0.4, -0.2) is 49.5 Å². The number of carbonyl (C=O) groups is 1. The summed E-state index contributed by atoms with van der Waals surface area (Å²) in [6.07, 6.45) is -2.32. The Morgan fingerprint density at radius 2 is 1.80 bits per heavy atom. The van der Waals surface area contributed by atoms with Crippen LogP contribution >= 0.6 is 12.4 Å². The molecule has 0 atom stereocenters. The summed E-state index contributed by atoms with van der Waals surface area (Å²) in [5.41, 5.74) is 5.75. The lowest BCUT2D eigenvalue weighted by Crippen LogP contribution is -2.41. The second-order valence-electron chi connectivity index (χ2n) is 5.58. The Morgan fingerprint density at radius 1 is 1.20 bits per heavy atom. The Morgan fingerprint density at radius 3 is 2.32 bits per heavy atom. The topological polar surface area (TPSA) is 64.8 Å². The smallest absolute Gasteiger partial charge is 0.406 e. The molecule has 5 nitrogen and oxygen atoms in total. The molecule has 0 aliphatic carbocycles. The predicted molar refractivity (Wildman–Crippen MR) is 88.9 cm³/mol. The molecule has 25 heavy (non-hydrogen) atoms. The zero-order valence-electron chi connectivity index (χ0n) is 13.6. The van der Waals surface area contributed by atoms with Crippen LogP contribution in [0.5, 0.6) is 5.75 Å². The van der Waals surface area contributed by atoms with Crippen molar-refractivity contribution < 1.29 is 27.4 Å². The molecule has 0 unspecified atom stereocenters. The van der Waals surface area contributed by atoms with E-state index in [0.717, 1.165) is 31.4 Å². The van der Waals surface area contributed by atoms with Gasteiger partial charge in [-0.2, -0.15) is 0 Å². The van der Waals surface area contributed by atoms with Gasteiger partial charge >= 0.3 is 6.36 Å². The van der Waals surface area contributed by atoms with Crippen molar-refractivity contribution in [2.24, 2.45) is 5.73 Å². The van der Waals surface area contributed by atoms with Crippen LogP contribution in [-0.2, 0) is 4.74 Å². The highest BCUT2D eigenvalue weighted by molar-refractivity contribution is 5.94. The number of piperidine rings is 1. The molecule has 2 N–H and O–H groups in total. The molecule has 1 amide bonds. The Balaban J connectivity index is 0.00000312. The maximum absolute atomic E-state index is 12.4. The number of hydrogen-bond donors (Lipinski definition) is 1. The van der Waals surface area contributed by atoms with Gasteiger partial charge in [0, 0.05) is 25.3 Å². The van der Waals surface area contributed by atoms with Gasteiger partial charge in [0.25, 0.3) is 5.91 Å². The molecular weight excluding hydrogens is 361 g/mol. The summed E-state index contributed by atoms with van der Waals surface area (Å²) < 4.78 is 45.8. The summed E-state index contributed by atoms with van der Waals surface area (Å²) in [5, 5.41) is 0. The molecule has 0 saturated carbocycles. The van der Waals surface area contributed by atoms with Gasteiger partial charge in [-0.1, -0.05) is 0 Å². The minimum absolute atomic E-state index is 0. The van der Waals surface area contributed by atoms with Crippen LogP contribution in [0.1, 0.15) is 29.6 Å². The lowest BCUT2D eigenvalue weighted by molar-refractivity contribution is -0.274. The molecule has 142 valence electrons. The van der Waals surface area contributed by atoms with E-state index >= 15 is 0 Å². The lowest BCUT2D eigenvalue weighted by atomic mass is 10.1. The van der Waals surface area contributed by atoms with Crippen LogP contribution in [0.4, 0.5) is 13.2 Å². The van der Waals surface area contributed by atoms with Crippen molar-refractivity contribution >= 4 is 18.3 Å². The molecule has 1 heterocycles. The van der Waals surface area contributed by atoms with Crippen LogP contribution in [0.15, 0.2) is 24.3 Å². The molecule has 1 saturated heterocycles. The van der Waals surface area contributed by atoms with Crippen LogP contribution in [0.25, 0.3) is 0 Å². The van der Waals surface area contributed by atoms with E-state index in [0.29, 0.717) is 31.8 Å². The number of likely N-dealkylation sites (tertiary alicyclic amines) is 1. The van der Waals surface area contributed by atoms with E-state index in [4.69, 9.17) is 10.5 Å². The van der Waals surface area contributed by atoms with E-state index in [2.05, 4.69) is 4.74 Å². The van der Waals surface area contributed by atoms with Crippen molar-refractivity contribution in [3.05, 3.63) is 29.8 Å². The highest BCUT2D eigenvalue weighted by Gasteiger charge is 2.31. The Kier molecular flexibility index (Phi) is 8.47. The van der Waals surface area contributed by atoms with Crippen LogP contribution in [0.3, 0.4) is 0 Å². The van der Waals surface area contributed by atoms with E-state index in [1.807, 2.05) is 0 Å². The van der Waals surface area contributed by atoms with Gasteiger partial charge < -0.3 is 20.1 Å². The number of hydrogen-bond acceptors (Lipinski definition) is 4. The van der Waals surface area contributed by atoms with Crippen molar-refractivity contribution in [3.63, 3.8) is 0 Å². The zero-order chi connectivity index (χ0) is 17.6. The normalized spacial score (nSPS) is 15.6. The molecule has 0 bridgehead atoms. The molecule has 2 rings (SSSR count). The van der Waals surface area contributed by atoms with Gasteiger partial charge in [0.1, 0.15) is 5.75 Å². The monoisotopic (exact) mass is 382 g/mol. The third-order valence-corrected chi connectivity index (χ3v) is 3.77. The maximum atomic E-state index is 12.4. The van der Waals surface area contributed by atoms with Gasteiger partial charge in [-0.25, -0.2) is 0 Å². The minimum atomic E-state index is -4.74. The highest BCUT2D eigenvalue weighted by Crippen LogP contribution is 2.23. The number of halogens is 4. The van der Waals surface area contributed by atoms with Crippen molar-refractivity contribution in [1.82, 2.24) is 4.90 Å². The van der Waals surface area contributed by atoms with Crippen molar-refractivity contribution in [3.8, 4) is 5.75 Å². The summed E-state index contributed by atoms with van der Waals surface area (Å²) in [4.78, 5) is 14.1. The second-order valence-corrected chi connectivity index (χ2v) is 5.58. The molecule has 1 aliphatic heterocycles. The Hall–Kier alpha value is -1.51. The molecule has 0 aromatic heterocycles. The van der Waals surface area contributed by atoms with Crippen molar-refractivity contribution in [1.29, 1.82) is 0 Å². The SMILES string of the molecule is Cl.NCCCOC1CCN(C(=O)c2ccc(OC(F)(F)F)cc2)CC1. The fraction of sp³-hybridized carbons (Fsp3) is 0.562. The molecule has 0 radical (unpaired) electrons. The molecule has 1 aliphatic rings. The van der Waals surface area contributed by atoms with Crippen molar-refractivity contribution in [2.45, 2.75) is 31.7 Å². The standard InChI is InChI=1S/C16H21F3N2O3.ClH/c17-16(18,19)24-14-4-2-12(3-5-14)15(22)21-9-6-13(7-10-21)23-11-1-8-20;/h2-5,13H,1,6-11,20H2;1H. The maximum Gasteiger partial charge on any atom is 0.573 e. The third-order valence-electron chi connectivity index (χ3n) is 3.77. The largest absolute Gasteiger partial charge is 0.573 e.